The van der Waals surface area contributed by atoms with Gasteiger partial charge in [-0.05, 0) is 56.8 Å². The van der Waals surface area contributed by atoms with E-state index in [1.165, 1.54) is 11.1 Å². The minimum Gasteiger partial charge on any atom is -0.308 e. The maximum absolute atomic E-state index is 12.9. The molecule has 1 amide bonds. The quantitative estimate of drug-likeness (QED) is 0.591. The second-order valence-corrected chi connectivity index (χ2v) is 7.94. The number of amides is 1. The number of rotatable bonds is 6. The van der Waals surface area contributed by atoms with Crippen LogP contribution in [0, 0.1) is 13.8 Å². The van der Waals surface area contributed by atoms with Gasteiger partial charge in [0.15, 0.2) is 5.13 Å². The number of hydrogen-bond acceptors (Lipinski definition) is 4. The summed E-state index contributed by atoms with van der Waals surface area (Å²) in [6, 6.07) is 14.1. The molecule has 27 heavy (non-hydrogen) atoms. The largest absolute Gasteiger partial charge is 0.308 e. The van der Waals surface area contributed by atoms with Crippen molar-refractivity contribution in [3.8, 4) is 0 Å². The molecule has 0 atom stereocenters. The third-order valence-corrected chi connectivity index (χ3v) is 5.52. The average molecular weight is 380 g/mol. The first-order valence-corrected chi connectivity index (χ1v) is 9.83. The topological polar surface area (TPSA) is 36.4 Å². The minimum atomic E-state index is -0.0471. The van der Waals surface area contributed by atoms with E-state index in [9.17, 15) is 4.79 Å². The second-order valence-electron chi connectivity index (χ2n) is 6.96. The van der Waals surface area contributed by atoms with E-state index in [0.29, 0.717) is 6.54 Å². The van der Waals surface area contributed by atoms with E-state index in [4.69, 9.17) is 4.98 Å². The van der Waals surface area contributed by atoms with Gasteiger partial charge in [-0.15, -0.1) is 0 Å². The van der Waals surface area contributed by atoms with Crippen LogP contribution in [0.25, 0.3) is 16.3 Å². The number of anilines is 1. The molecule has 2 aromatic carbocycles. The Bertz CT molecular complexity index is 960. The zero-order chi connectivity index (χ0) is 19.4. The maximum Gasteiger partial charge on any atom is 0.252 e. The summed E-state index contributed by atoms with van der Waals surface area (Å²) in [4.78, 5) is 21.6. The molecule has 0 radical (unpaired) electrons. The van der Waals surface area contributed by atoms with Crippen molar-refractivity contribution >= 4 is 38.7 Å². The van der Waals surface area contributed by atoms with Crippen molar-refractivity contribution in [1.29, 1.82) is 0 Å². The second kappa shape index (κ2) is 8.46. The summed E-state index contributed by atoms with van der Waals surface area (Å²) in [6.07, 6.45) is 3.49. The molecule has 0 N–H and O–H groups in total. The van der Waals surface area contributed by atoms with Gasteiger partial charge in [-0.25, -0.2) is 4.98 Å². The fraction of sp³-hybridized carbons (Fsp3) is 0.273. The zero-order valence-electron chi connectivity index (χ0n) is 16.3. The van der Waals surface area contributed by atoms with Crippen LogP contribution >= 0.6 is 11.3 Å². The first-order valence-electron chi connectivity index (χ1n) is 9.01. The number of benzene rings is 2. The van der Waals surface area contributed by atoms with Crippen molar-refractivity contribution in [3.05, 3.63) is 65.2 Å². The number of likely N-dealkylation sites (N-methyl/N-ethyl adjacent to an activating group) is 1. The van der Waals surface area contributed by atoms with E-state index in [1.54, 1.807) is 22.3 Å². The monoisotopic (exact) mass is 379 g/mol. The van der Waals surface area contributed by atoms with Gasteiger partial charge in [0.05, 0.1) is 10.2 Å². The van der Waals surface area contributed by atoms with Crippen molar-refractivity contribution in [2.24, 2.45) is 0 Å². The number of fused-ring (bicyclic) bond motifs is 1. The molecule has 0 aliphatic rings. The molecule has 3 aromatic rings. The first kappa shape index (κ1) is 19.3. The van der Waals surface area contributed by atoms with Crippen molar-refractivity contribution < 1.29 is 4.79 Å². The van der Waals surface area contributed by atoms with E-state index >= 15 is 0 Å². The highest BCUT2D eigenvalue weighted by Crippen LogP contribution is 2.32. The number of carbonyl (C=O) groups is 1. The molecule has 0 fully saturated rings. The Labute approximate surface area is 164 Å². The van der Waals surface area contributed by atoms with E-state index in [0.717, 1.165) is 27.5 Å². The van der Waals surface area contributed by atoms with Crippen LogP contribution < -0.4 is 4.90 Å². The SMILES string of the molecule is Cc1cc(C)c2sc(N(CCN(C)C)C(=O)C=Cc3ccccc3)nc2c1. The first-order chi connectivity index (χ1) is 12.9. The number of aryl methyl sites for hydroxylation is 2. The van der Waals surface area contributed by atoms with E-state index in [2.05, 4.69) is 30.9 Å². The van der Waals surface area contributed by atoms with Crippen LogP contribution in [0.15, 0.2) is 48.5 Å². The Kier molecular flexibility index (Phi) is 6.04. The van der Waals surface area contributed by atoms with Crippen LogP contribution in [-0.4, -0.2) is 43.0 Å². The Morgan fingerprint density at radius 3 is 2.56 bits per heavy atom. The smallest absolute Gasteiger partial charge is 0.252 e. The molecule has 140 valence electrons. The third kappa shape index (κ3) is 4.81. The summed E-state index contributed by atoms with van der Waals surface area (Å²) in [6.45, 7) is 5.54. The van der Waals surface area contributed by atoms with Crippen LogP contribution in [0.5, 0.6) is 0 Å². The number of hydrogen-bond donors (Lipinski definition) is 0. The summed E-state index contributed by atoms with van der Waals surface area (Å²) in [7, 11) is 4.02. The highest BCUT2D eigenvalue weighted by Gasteiger charge is 2.18. The Morgan fingerprint density at radius 1 is 1.11 bits per heavy atom. The van der Waals surface area contributed by atoms with Gasteiger partial charge in [0, 0.05) is 19.2 Å². The number of nitrogens with zero attached hydrogens (tertiary/aromatic N) is 3. The highest BCUT2D eigenvalue weighted by atomic mass is 32.1. The summed E-state index contributed by atoms with van der Waals surface area (Å²) < 4.78 is 1.14. The maximum atomic E-state index is 12.9. The summed E-state index contributed by atoms with van der Waals surface area (Å²) in [5.41, 5.74) is 4.36. The van der Waals surface area contributed by atoms with Gasteiger partial charge in [-0.3, -0.25) is 9.69 Å². The van der Waals surface area contributed by atoms with E-state index < -0.39 is 0 Å². The van der Waals surface area contributed by atoms with Crippen LogP contribution in [-0.2, 0) is 4.79 Å². The van der Waals surface area contributed by atoms with Crippen molar-refractivity contribution in [1.82, 2.24) is 9.88 Å². The number of thiazole rings is 1. The summed E-state index contributed by atoms with van der Waals surface area (Å²) in [5.74, 6) is -0.0471. The van der Waals surface area contributed by atoms with Gasteiger partial charge in [-0.1, -0.05) is 47.7 Å². The molecule has 1 aromatic heterocycles. The van der Waals surface area contributed by atoms with Crippen molar-refractivity contribution in [3.63, 3.8) is 0 Å². The van der Waals surface area contributed by atoms with Gasteiger partial charge in [0.25, 0.3) is 5.91 Å². The molecule has 0 aliphatic heterocycles. The van der Waals surface area contributed by atoms with Crippen LogP contribution in [0.4, 0.5) is 5.13 Å². The van der Waals surface area contributed by atoms with E-state index in [-0.39, 0.29) is 5.91 Å². The van der Waals surface area contributed by atoms with Gasteiger partial charge in [0.1, 0.15) is 0 Å². The summed E-state index contributed by atoms with van der Waals surface area (Å²) >= 11 is 1.58. The fourth-order valence-corrected chi connectivity index (χ4v) is 3.95. The molecule has 0 spiro atoms. The fourth-order valence-electron chi connectivity index (χ4n) is 2.90. The third-order valence-electron chi connectivity index (χ3n) is 4.29. The molecule has 0 bridgehead atoms. The van der Waals surface area contributed by atoms with Crippen LogP contribution in [0.1, 0.15) is 16.7 Å². The predicted octanol–water partition coefficient (Wildman–Crippen LogP) is 4.52. The summed E-state index contributed by atoms with van der Waals surface area (Å²) in [5, 5.41) is 0.753. The molecular formula is C22H25N3OS. The van der Waals surface area contributed by atoms with Gasteiger partial charge in [0.2, 0.25) is 0 Å². The lowest BCUT2D eigenvalue weighted by Crippen LogP contribution is -2.35. The van der Waals surface area contributed by atoms with Crippen LogP contribution in [0.2, 0.25) is 0 Å². The molecule has 5 heteroatoms. The van der Waals surface area contributed by atoms with Gasteiger partial charge in [-0.2, -0.15) is 0 Å². The molecule has 1 heterocycles. The minimum absolute atomic E-state index is 0.0471. The van der Waals surface area contributed by atoms with Gasteiger partial charge < -0.3 is 4.90 Å². The molecule has 0 saturated carbocycles. The molecular weight excluding hydrogens is 354 g/mol. The molecule has 0 aliphatic carbocycles. The predicted molar refractivity (Wildman–Crippen MR) is 115 cm³/mol. The average Bonchev–Trinajstić information content (AvgIpc) is 3.04. The molecule has 4 nitrogen and oxygen atoms in total. The Hall–Kier alpha value is -2.50. The lowest BCUT2D eigenvalue weighted by atomic mass is 10.1. The number of aromatic nitrogens is 1. The van der Waals surface area contributed by atoms with Crippen LogP contribution in [0.3, 0.4) is 0 Å². The molecule has 0 unspecified atom stereocenters. The zero-order valence-corrected chi connectivity index (χ0v) is 17.1. The lowest BCUT2D eigenvalue weighted by Gasteiger charge is -2.20. The Morgan fingerprint density at radius 2 is 1.85 bits per heavy atom. The van der Waals surface area contributed by atoms with Crippen molar-refractivity contribution in [2.75, 3.05) is 32.1 Å². The van der Waals surface area contributed by atoms with E-state index in [1.807, 2.05) is 50.5 Å². The van der Waals surface area contributed by atoms with Gasteiger partial charge >= 0.3 is 0 Å². The van der Waals surface area contributed by atoms with Crippen molar-refractivity contribution in [2.45, 2.75) is 13.8 Å². The Balaban J connectivity index is 1.92. The number of carbonyl (C=O) groups excluding carboxylic acids is 1. The molecule has 3 rings (SSSR count). The normalized spacial score (nSPS) is 11.6. The lowest BCUT2D eigenvalue weighted by molar-refractivity contribution is -0.114. The molecule has 0 saturated heterocycles. The highest BCUT2D eigenvalue weighted by molar-refractivity contribution is 7.22. The standard InChI is InChI=1S/C22H25N3OS/c1-16-14-17(2)21-19(15-16)23-22(27-21)25(13-12-24(3)4)20(26)11-10-18-8-6-5-7-9-18/h5-11,14-15H,12-13H2,1-4H3.